The SMILES string of the molecule is CN1CCN(CCCCC(=O)Nc2cccc(-c3n[nH]c(=O)c4ccccc34)c2)CC1.Cl.Cl. The Kier molecular flexibility index (Phi) is 10.3. The summed E-state index contributed by atoms with van der Waals surface area (Å²) in [5.74, 6) is 0.0230. The van der Waals surface area contributed by atoms with Crippen LogP contribution in [0.15, 0.2) is 53.3 Å². The maximum atomic E-state index is 12.4. The molecule has 0 atom stereocenters. The summed E-state index contributed by atoms with van der Waals surface area (Å²) in [7, 11) is 2.16. The van der Waals surface area contributed by atoms with Crippen molar-refractivity contribution in [2.75, 3.05) is 45.1 Å². The standard InChI is InChI=1S/C24H29N5O2.2ClH/c1-28-13-15-29(16-14-28)12-5-4-11-22(30)25-19-8-6-7-18(17-19)23-20-9-2-3-10-21(20)24(31)27-26-23;;/h2-3,6-10,17H,4-5,11-16H2,1H3,(H,25,30)(H,27,31);2*1H. The summed E-state index contributed by atoms with van der Waals surface area (Å²) in [5.41, 5.74) is 2.07. The van der Waals surface area contributed by atoms with Crippen LogP contribution in [0.2, 0.25) is 0 Å². The molecule has 1 aliphatic heterocycles. The molecule has 178 valence electrons. The minimum atomic E-state index is -0.208. The van der Waals surface area contributed by atoms with E-state index in [0.29, 0.717) is 17.5 Å². The number of carbonyl (C=O) groups excluding carboxylic acids is 1. The van der Waals surface area contributed by atoms with Crippen molar-refractivity contribution in [1.82, 2.24) is 20.0 Å². The predicted octanol–water partition coefficient (Wildman–Crippen LogP) is 3.79. The molecule has 1 aliphatic rings. The summed E-state index contributed by atoms with van der Waals surface area (Å²) in [4.78, 5) is 29.3. The Bertz CT molecular complexity index is 1110. The van der Waals surface area contributed by atoms with Crippen LogP contribution >= 0.6 is 24.8 Å². The first kappa shape index (κ1) is 26.8. The molecule has 33 heavy (non-hydrogen) atoms. The Balaban J connectivity index is 0.00000193. The summed E-state index contributed by atoms with van der Waals surface area (Å²) in [6.07, 6.45) is 2.42. The summed E-state index contributed by atoms with van der Waals surface area (Å²) in [6, 6.07) is 15.0. The molecule has 0 aliphatic carbocycles. The number of unbranched alkanes of at least 4 members (excludes halogenated alkanes) is 1. The van der Waals surface area contributed by atoms with Crippen molar-refractivity contribution in [3.8, 4) is 11.3 Å². The van der Waals surface area contributed by atoms with Crippen molar-refractivity contribution < 1.29 is 4.79 Å². The molecule has 1 fully saturated rings. The number of fused-ring (bicyclic) bond motifs is 1. The average molecular weight is 492 g/mol. The molecule has 0 bridgehead atoms. The van der Waals surface area contributed by atoms with Gasteiger partial charge in [-0.25, -0.2) is 5.10 Å². The third-order valence-corrected chi connectivity index (χ3v) is 5.84. The number of aromatic nitrogens is 2. The minimum absolute atomic E-state index is 0. The van der Waals surface area contributed by atoms with Crippen molar-refractivity contribution >= 4 is 47.2 Å². The fraction of sp³-hybridized carbons (Fsp3) is 0.375. The maximum Gasteiger partial charge on any atom is 0.272 e. The van der Waals surface area contributed by atoms with Crippen LogP contribution in [0.5, 0.6) is 0 Å². The Hall–Kier alpha value is -2.45. The van der Waals surface area contributed by atoms with E-state index in [1.54, 1.807) is 6.07 Å². The normalized spacial score (nSPS) is 14.3. The van der Waals surface area contributed by atoms with Gasteiger partial charge in [-0.05, 0) is 44.6 Å². The van der Waals surface area contributed by atoms with E-state index in [2.05, 4.69) is 32.4 Å². The average Bonchev–Trinajstić information content (AvgIpc) is 2.78. The zero-order chi connectivity index (χ0) is 21.6. The summed E-state index contributed by atoms with van der Waals surface area (Å²) < 4.78 is 0. The van der Waals surface area contributed by atoms with Crippen molar-refractivity contribution in [2.45, 2.75) is 19.3 Å². The lowest BCUT2D eigenvalue weighted by Crippen LogP contribution is -2.44. The molecule has 2 N–H and O–H groups in total. The smallest absolute Gasteiger partial charge is 0.272 e. The molecule has 9 heteroatoms. The van der Waals surface area contributed by atoms with Gasteiger partial charge in [0.1, 0.15) is 0 Å². The van der Waals surface area contributed by atoms with E-state index in [-0.39, 0.29) is 36.3 Å². The Morgan fingerprint density at radius 1 is 1.00 bits per heavy atom. The Labute approximate surface area is 206 Å². The van der Waals surface area contributed by atoms with Gasteiger partial charge in [-0.3, -0.25) is 9.59 Å². The van der Waals surface area contributed by atoms with Gasteiger partial charge in [0, 0.05) is 49.2 Å². The first-order valence-corrected chi connectivity index (χ1v) is 10.9. The highest BCUT2D eigenvalue weighted by atomic mass is 35.5. The lowest BCUT2D eigenvalue weighted by molar-refractivity contribution is -0.116. The Morgan fingerprint density at radius 2 is 1.73 bits per heavy atom. The topological polar surface area (TPSA) is 81.3 Å². The van der Waals surface area contributed by atoms with Crippen molar-refractivity contribution in [2.24, 2.45) is 0 Å². The number of carbonyl (C=O) groups is 1. The zero-order valence-corrected chi connectivity index (χ0v) is 20.4. The largest absolute Gasteiger partial charge is 0.326 e. The number of nitrogens with zero attached hydrogens (tertiary/aromatic N) is 3. The molecule has 1 saturated heterocycles. The number of H-pyrrole nitrogens is 1. The third-order valence-electron chi connectivity index (χ3n) is 5.84. The van der Waals surface area contributed by atoms with E-state index >= 15 is 0 Å². The molecule has 1 amide bonds. The highest BCUT2D eigenvalue weighted by Crippen LogP contribution is 2.26. The second-order valence-electron chi connectivity index (χ2n) is 8.18. The monoisotopic (exact) mass is 491 g/mol. The van der Waals surface area contributed by atoms with Crippen LogP contribution in [-0.2, 0) is 4.79 Å². The van der Waals surface area contributed by atoms with Gasteiger partial charge in [-0.1, -0.05) is 30.3 Å². The van der Waals surface area contributed by atoms with Crippen LogP contribution in [0, 0.1) is 0 Å². The number of hydrogen-bond donors (Lipinski definition) is 2. The number of hydrogen-bond acceptors (Lipinski definition) is 5. The number of halogens is 2. The van der Waals surface area contributed by atoms with Crippen molar-refractivity contribution in [3.63, 3.8) is 0 Å². The number of benzene rings is 2. The number of amides is 1. The number of piperazine rings is 1. The highest BCUT2D eigenvalue weighted by Gasteiger charge is 2.13. The van der Waals surface area contributed by atoms with Crippen molar-refractivity contribution in [1.29, 1.82) is 0 Å². The van der Waals surface area contributed by atoms with Gasteiger partial charge in [-0.2, -0.15) is 5.10 Å². The minimum Gasteiger partial charge on any atom is -0.326 e. The van der Waals surface area contributed by atoms with E-state index in [1.807, 2.05) is 42.5 Å². The molecule has 2 aromatic carbocycles. The quantitative estimate of drug-likeness (QED) is 0.491. The molecule has 7 nitrogen and oxygen atoms in total. The molecule has 0 unspecified atom stereocenters. The highest BCUT2D eigenvalue weighted by molar-refractivity contribution is 5.95. The van der Waals surface area contributed by atoms with Crippen LogP contribution in [0.4, 0.5) is 5.69 Å². The molecular weight excluding hydrogens is 461 g/mol. The first-order chi connectivity index (χ1) is 15.1. The van der Waals surface area contributed by atoms with Crippen LogP contribution in [0.1, 0.15) is 19.3 Å². The van der Waals surface area contributed by atoms with Crippen LogP contribution in [0.3, 0.4) is 0 Å². The number of likely N-dealkylation sites (N-methyl/N-ethyl adjacent to an activating group) is 1. The zero-order valence-electron chi connectivity index (χ0n) is 18.8. The summed E-state index contributed by atoms with van der Waals surface area (Å²) >= 11 is 0. The maximum absolute atomic E-state index is 12.4. The molecular formula is C24H31Cl2N5O2. The Morgan fingerprint density at radius 3 is 2.48 bits per heavy atom. The van der Waals surface area contributed by atoms with Crippen LogP contribution < -0.4 is 10.9 Å². The molecule has 0 spiro atoms. The van der Waals surface area contributed by atoms with E-state index in [1.165, 1.54) is 0 Å². The van der Waals surface area contributed by atoms with Gasteiger partial charge in [0.2, 0.25) is 5.91 Å². The number of rotatable bonds is 7. The van der Waals surface area contributed by atoms with Gasteiger partial charge in [-0.15, -0.1) is 24.8 Å². The predicted molar refractivity (Wildman–Crippen MR) is 139 cm³/mol. The molecule has 4 rings (SSSR count). The van der Waals surface area contributed by atoms with Gasteiger partial charge < -0.3 is 15.1 Å². The van der Waals surface area contributed by atoms with Crippen LogP contribution in [-0.4, -0.2) is 65.7 Å². The molecule has 0 radical (unpaired) electrons. The second-order valence-corrected chi connectivity index (χ2v) is 8.18. The van der Waals surface area contributed by atoms with E-state index in [0.717, 1.165) is 62.2 Å². The van der Waals surface area contributed by atoms with Gasteiger partial charge >= 0.3 is 0 Å². The number of anilines is 1. The second kappa shape index (κ2) is 12.7. The van der Waals surface area contributed by atoms with Crippen LogP contribution in [0.25, 0.3) is 22.0 Å². The lowest BCUT2D eigenvalue weighted by Gasteiger charge is -2.32. The molecule has 3 aromatic rings. The number of aromatic amines is 1. The third kappa shape index (κ3) is 7.01. The fourth-order valence-electron chi connectivity index (χ4n) is 3.99. The van der Waals surface area contributed by atoms with Crippen molar-refractivity contribution in [3.05, 3.63) is 58.9 Å². The number of nitrogens with one attached hydrogen (secondary N) is 2. The summed E-state index contributed by atoms with van der Waals surface area (Å²) in [6.45, 7) is 5.53. The molecule has 2 heterocycles. The lowest BCUT2D eigenvalue weighted by atomic mass is 10.0. The summed E-state index contributed by atoms with van der Waals surface area (Å²) in [5, 5.41) is 11.2. The molecule has 1 aromatic heterocycles. The van der Waals surface area contributed by atoms with Gasteiger partial charge in [0.15, 0.2) is 0 Å². The first-order valence-electron chi connectivity index (χ1n) is 10.9. The van der Waals surface area contributed by atoms with E-state index in [9.17, 15) is 9.59 Å². The van der Waals surface area contributed by atoms with Gasteiger partial charge in [0.25, 0.3) is 5.56 Å². The fourth-order valence-corrected chi connectivity index (χ4v) is 3.99. The van der Waals surface area contributed by atoms with E-state index in [4.69, 9.17) is 0 Å². The van der Waals surface area contributed by atoms with E-state index < -0.39 is 0 Å². The molecule has 0 saturated carbocycles. The van der Waals surface area contributed by atoms with Gasteiger partial charge in [0.05, 0.1) is 11.1 Å².